The summed E-state index contributed by atoms with van der Waals surface area (Å²) in [6, 6.07) is 1.32. The van der Waals surface area contributed by atoms with Gasteiger partial charge >= 0.3 is 6.18 Å². The number of hydrogen-bond donors (Lipinski definition) is 2. The molecule has 3 N–H and O–H groups in total. The standard InChI is InChI=1S/C11H16F3N5O/c1-6-5-20-7(2)4-19(6)9-3-8(18-15)16-10(17-9)11(12,13)14/h3,6-7H,4-5,15H2,1-2H3,(H,16,17,18). The highest BCUT2D eigenvalue weighted by Gasteiger charge is 2.36. The number of anilines is 2. The minimum atomic E-state index is -4.62. The Morgan fingerprint density at radius 3 is 2.70 bits per heavy atom. The largest absolute Gasteiger partial charge is 0.451 e. The molecule has 2 unspecified atom stereocenters. The molecule has 1 aliphatic heterocycles. The number of halogens is 3. The van der Waals surface area contributed by atoms with Crippen molar-refractivity contribution < 1.29 is 17.9 Å². The van der Waals surface area contributed by atoms with Crippen molar-refractivity contribution in [3.63, 3.8) is 0 Å². The predicted octanol–water partition coefficient (Wildman–Crippen LogP) is 1.39. The van der Waals surface area contributed by atoms with Crippen LogP contribution in [0, 0.1) is 0 Å². The Morgan fingerprint density at radius 1 is 1.40 bits per heavy atom. The smallest absolute Gasteiger partial charge is 0.375 e. The number of nitrogen functional groups attached to an aromatic ring is 1. The average molecular weight is 291 g/mol. The Balaban J connectivity index is 2.39. The highest BCUT2D eigenvalue weighted by atomic mass is 19.4. The Hall–Kier alpha value is -1.61. The molecule has 1 aliphatic rings. The fourth-order valence-electron chi connectivity index (χ4n) is 2.00. The summed E-state index contributed by atoms with van der Waals surface area (Å²) in [4.78, 5) is 8.69. The average Bonchev–Trinajstić information content (AvgIpc) is 2.40. The SMILES string of the molecule is CC1CN(c2cc(NN)nc(C(F)(F)F)n2)C(C)CO1. The molecule has 1 aromatic rings. The lowest BCUT2D eigenvalue weighted by Gasteiger charge is -2.37. The topological polar surface area (TPSA) is 76.3 Å². The highest BCUT2D eigenvalue weighted by molar-refractivity contribution is 5.50. The molecule has 2 atom stereocenters. The lowest BCUT2D eigenvalue weighted by atomic mass is 10.2. The van der Waals surface area contributed by atoms with Gasteiger partial charge in [0, 0.05) is 12.6 Å². The Kier molecular flexibility index (Phi) is 4.00. The third kappa shape index (κ3) is 3.10. The predicted molar refractivity (Wildman–Crippen MR) is 67.1 cm³/mol. The number of hydrazine groups is 1. The van der Waals surface area contributed by atoms with Crippen molar-refractivity contribution in [1.29, 1.82) is 0 Å². The van der Waals surface area contributed by atoms with Gasteiger partial charge in [0.05, 0.1) is 18.8 Å². The Labute approximate surface area is 114 Å². The van der Waals surface area contributed by atoms with Crippen LogP contribution in [0.3, 0.4) is 0 Å². The van der Waals surface area contributed by atoms with Crippen LogP contribution in [-0.2, 0) is 10.9 Å². The van der Waals surface area contributed by atoms with E-state index >= 15 is 0 Å². The van der Waals surface area contributed by atoms with Crippen molar-refractivity contribution in [3.8, 4) is 0 Å². The molecule has 112 valence electrons. The van der Waals surface area contributed by atoms with Gasteiger partial charge in [-0.2, -0.15) is 13.2 Å². The molecule has 2 heterocycles. The van der Waals surface area contributed by atoms with Gasteiger partial charge in [-0.15, -0.1) is 0 Å². The maximum atomic E-state index is 12.8. The second-order valence-corrected chi connectivity index (χ2v) is 4.72. The van der Waals surface area contributed by atoms with Crippen LogP contribution < -0.4 is 16.2 Å². The zero-order valence-corrected chi connectivity index (χ0v) is 11.1. The zero-order chi connectivity index (χ0) is 14.9. The fourth-order valence-corrected chi connectivity index (χ4v) is 2.00. The van der Waals surface area contributed by atoms with Gasteiger partial charge in [-0.05, 0) is 13.8 Å². The van der Waals surface area contributed by atoms with Crippen LogP contribution in [0.25, 0.3) is 0 Å². The monoisotopic (exact) mass is 291 g/mol. The van der Waals surface area contributed by atoms with Gasteiger partial charge in [0.25, 0.3) is 0 Å². The van der Waals surface area contributed by atoms with Crippen molar-refractivity contribution in [2.24, 2.45) is 5.84 Å². The molecule has 0 spiro atoms. The van der Waals surface area contributed by atoms with Gasteiger partial charge in [0.15, 0.2) is 0 Å². The maximum Gasteiger partial charge on any atom is 0.451 e. The van der Waals surface area contributed by atoms with Crippen LogP contribution in [0.1, 0.15) is 19.7 Å². The summed E-state index contributed by atoms with van der Waals surface area (Å²) in [6.07, 6.45) is -4.70. The van der Waals surface area contributed by atoms with Crippen LogP contribution in [0.2, 0.25) is 0 Å². The molecule has 0 bridgehead atoms. The molecule has 1 saturated heterocycles. The van der Waals surface area contributed by atoms with Gasteiger partial charge in [-0.3, -0.25) is 0 Å². The minimum Gasteiger partial charge on any atom is -0.375 e. The molecule has 2 rings (SSSR count). The van der Waals surface area contributed by atoms with Gasteiger partial charge in [0.1, 0.15) is 11.6 Å². The molecule has 6 nitrogen and oxygen atoms in total. The van der Waals surface area contributed by atoms with Gasteiger partial charge in [-0.25, -0.2) is 15.8 Å². The van der Waals surface area contributed by atoms with Crippen LogP contribution in [-0.4, -0.2) is 35.3 Å². The fraction of sp³-hybridized carbons (Fsp3) is 0.636. The molecular weight excluding hydrogens is 275 g/mol. The highest BCUT2D eigenvalue weighted by Crippen LogP contribution is 2.30. The third-order valence-corrected chi connectivity index (χ3v) is 3.02. The van der Waals surface area contributed by atoms with E-state index in [0.717, 1.165) is 0 Å². The first-order valence-corrected chi connectivity index (χ1v) is 6.12. The van der Waals surface area contributed by atoms with Crippen molar-refractivity contribution in [3.05, 3.63) is 11.9 Å². The van der Waals surface area contributed by atoms with Gasteiger partial charge in [0.2, 0.25) is 5.82 Å². The quantitative estimate of drug-likeness (QED) is 0.633. The first kappa shape index (κ1) is 14.8. The third-order valence-electron chi connectivity index (χ3n) is 3.02. The lowest BCUT2D eigenvalue weighted by molar-refractivity contribution is -0.144. The van der Waals surface area contributed by atoms with E-state index in [0.29, 0.717) is 13.2 Å². The summed E-state index contributed by atoms with van der Waals surface area (Å²) >= 11 is 0. The Bertz CT molecular complexity index is 482. The van der Waals surface area contributed by atoms with Crippen molar-refractivity contribution in [2.75, 3.05) is 23.5 Å². The van der Waals surface area contributed by atoms with E-state index < -0.39 is 12.0 Å². The molecule has 0 saturated carbocycles. The van der Waals surface area contributed by atoms with Crippen molar-refractivity contribution in [2.45, 2.75) is 32.2 Å². The first-order chi connectivity index (χ1) is 9.31. The van der Waals surface area contributed by atoms with E-state index in [2.05, 4.69) is 15.4 Å². The van der Waals surface area contributed by atoms with Crippen LogP contribution in [0.4, 0.5) is 24.8 Å². The normalized spacial score (nSPS) is 23.8. The zero-order valence-electron chi connectivity index (χ0n) is 11.1. The number of morpholine rings is 1. The number of nitrogens with zero attached hydrogens (tertiary/aromatic N) is 3. The molecule has 0 aromatic carbocycles. The first-order valence-electron chi connectivity index (χ1n) is 6.12. The van der Waals surface area contributed by atoms with Crippen molar-refractivity contribution >= 4 is 11.6 Å². The minimum absolute atomic E-state index is 0.0753. The van der Waals surface area contributed by atoms with Crippen LogP contribution >= 0.6 is 0 Å². The van der Waals surface area contributed by atoms with Crippen LogP contribution in [0.15, 0.2) is 6.07 Å². The summed E-state index contributed by atoms with van der Waals surface area (Å²) in [5, 5.41) is 0. The van der Waals surface area contributed by atoms with E-state index in [9.17, 15) is 13.2 Å². The number of ether oxygens (including phenoxy) is 1. The Morgan fingerprint density at radius 2 is 2.10 bits per heavy atom. The van der Waals surface area contributed by atoms with Crippen molar-refractivity contribution in [1.82, 2.24) is 9.97 Å². The summed E-state index contributed by atoms with van der Waals surface area (Å²) < 4.78 is 43.8. The number of hydrogen-bond acceptors (Lipinski definition) is 6. The van der Waals surface area contributed by atoms with E-state index in [4.69, 9.17) is 10.6 Å². The molecule has 9 heteroatoms. The molecule has 1 fully saturated rings. The molecule has 0 aliphatic carbocycles. The summed E-state index contributed by atoms with van der Waals surface area (Å²) in [5.74, 6) is 4.07. The van der Waals surface area contributed by atoms with Gasteiger partial charge in [-0.1, -0.05) is 0 Å². The summed E-state index contributed by atoms with van der Waals surface area (Å²) in [5.41, 5.74) is 2.14. The molecular formula is C11H16F3N5O. The molecule has 0 amide bonds. The molecule has 0 radical (unpaired) electrons. The number of rotatable bonds is 2. The number of nitrogens with two attached hydrogens (primary N) is 1. The molecule has 20 heavy (non-hydrogen) atoms. The molecule has 1 aromatic heterocycles. The number of alkyl halides is 3. The second-order valence-electron chi connectivity index (χ2n) is 4.72. The van der Waals surface area contributed by atoms with E-state index in [1.807, 2.05) is 13.8 Å². The second kappa shape index (κ2) is 5.41. The van der Waals surface area contributed by atoms with E-state index in [1.54, 1.807) is 4.90 Å². The van der Waals surface area contributed by atoms with E-state index in [-0.39, 0.29) is 23.8 Å². The maximum absolute atomic E-state index is 12.8. The van der Waals surface area contributed by atoms with Gasteiger partial charge < -0.3 is 15.1 Å². The summed E-state index contributed by atoms with van der Waals surface area (Å²) in [6.45, 7) is 4.60. The lowest BCUT2D eigenvalue weighted by Crippen LogP contribution is -2.48. The van der Waals surface area contributed by atoms with Crippen LogP contribution in [0.5, 0.6) is 0 Å². The van der Waals surface area contributed by atoms with E-state index in [1.165, 1.54) is 6.07 Å². The number of aromatic nitrogens is 2. The number of nitrogens with one attached hydrogen (secondary N) is 1. The summed E-state index contributed by atoms with van der Waals surface area (Å²) in [7, 11) is 0.